The summed E-state index contributed by atoms with van der Waals surface area (Å²) in [6, 6.07) is 25.7. The Balaban J connectivity index is 1.36. The van der Waals surface area contributed by atoms with E-state index in [9.17, 15) is 4.79 Å². The fourth-order valence-corrected chi connectivity index (χ4v) is 3.22. The average Bonchev–Trinajstić information content (AvgIpc) is 3.42. The van der Waals surface area contributed by atoms with Crippen LogP contribution in [-0.2, 0) is 0 Å². The maximum absolute atomic E-state index is 12.6. The van der Waals surface area contributed by atoms with Crippen LogP contribution in [0.25, 0.3) is 28.0 Å². The molecule has 3 aromatic carbocycles. The monoisotopic (exact) mass is 414 g/mol. The van der Waals surface area contributed by atoms with Crippen molar-refractivity contribution >= 4 is 34.2 Å². The van der Waals surface area contributed by atoms with Crippen molar-refractivity contribution in [2.45, 2.75) is 0 Å². The summed E-state index contributed by atoms with van der Waals surface area (Å²) < 4.78 is 5.71. The molecule has 5 rings (SSSR count). The lowest BCUT2D eigenvalue weighted by molar-refractivity contribution is 0.0997. The Morgan fingerprint density at radius 1 is 0.867 bits per heavy atom. The van der Waals surface area contributed by atoms with Crippen molar-refractivity contribution in [3.8, 4) is 17.0 Å². The van der Waals surface area contributed by atoms with Crippen LogP contribution >= 0.6 is 11.6 Å². The largest absolute Gasteiger partial charge is 0.451 e. The van der Waals surface area contributed by atoms with Gasteiger partial charge in [-0.15, -0.1) is 10.2 Å². The van der Waals surface area contributed by atoms with Crippen LogP contribution in [0.15, 0.2) is 89.3 Å². The molecule has 30 heavy (non-hydrogen) atoms. The molecule has 0 fully saturated rings. The number of hydrogen-bond acceptors (Lipinski definition) is 4. The molecule has 0 bridgehead atoms. The van der Waals surface area contributed by atoms with Gasteiger partial charge >= 0.3 is 0 Å². The maximum Gasteiger partial charge on any atom is 0.291 e. The fraction of sp³-hybridized carbons (Fsp3) is 0. The van der Waals surface area contributed by atoms with Crippen LogP contribution in [0.4, 0.5) is 5.69 Å². The van der Waals surface area contributed by atoms with Crippen molar-refractivity contribution < 1.29 is 9.21 Å². The zero-order valence-corrected chi connectivity index (χ0v) is 16.4. The fourth-order valence-electron chi connectivity index (χ4n) is 3.09. The molecule has 0 aliphatic carbocycles. The molecule has 7 heteroatoms. The van der Waals surface area contributed by atoms with Gasteiger partial charge in [0.05, 0.1) is 5.69 Å². The average molecular weight is 415 g/mol. The van der Waals surface area contributed by atoms with E-state index in [0.29, 0.717) is 22.0 Å². The quantitative estimate of drug-likeness (QED) is 0.416. The van der Waals surface area contributed by atoms with Gasteiger partial charge in [0, 0.05) is 16.3 Å². The Hall–Kier alpha value is -3.90. The van der Waals surface area contributed by atoms with Crippen molar-refractivity contribution in [3.05, 3.63) is 95.7 Å². The van der Waals surface area contributed by atoms with Crippen LogP contribution in [0.1, 0.15) is 10.6 Å². The van der Waals surface area contributed by atoms with Gasteiger partial charge in [0.1, 0.15) is 16.8 Å². The van der Waals surface area contributed by atoms with E-state index in [-0.39, 0.29) is 11.7 Å². The summed E-state index contributed by atoms with van der Waals surface area (Å²) in [6.45, 7) is 0. The summed E-state index contributed by atoms with van der Waals surface area (Å²) in [6.07, 6.45) is 0. The number of fused-ring (bicyclic) bond motifs is 1. The molecule has 0 atom stereocenters. The van der Waals surface area contributed by atoms with Gasteiger partial charge in [0.2, 0.25) is 0 Å². The van der Waals surface area contributed by atoms with Crippen molar-refractivity contribution in [2.24, 2.45) is 0 Å². The Morgan fingerprint density at radius 3 is 2.43 bits per heavy atom. The van der Waals surface area contributed by atoms with Gasteiger partial charge in [-0.05, 0) is 66.7 Å². The first-order valence-electron chi connectivity index (χ1n) is 9.25. The molecule has 5 aromatic rings. The summed E-state index contributed by atoms with van der Waals surface area (Å²) in [7, 11) is 0. The minimum absolute atomic E-state index is 0.216. The smallest absolute Gasteiger partial charge is 0.291 e. The number of furan rings is 1. The number of carbonyl (C=O) groups is 1. The Kier molecular flexibility index (Phi) is 4.53. The van der Waals surface area contributed by atoms with E-state index in [1.807, 2.05) is 48.5 Å². The molecular formula is C23H15ClN4O2. The number of amides is 1. The van der Waals surface area contributed by atoms with E-state index in [2.05, 4.69) is 15.5 Å². The predicted molar refractivity (Wildman–Crippen MR) is 116 cm³/mol. The summed E-state index contributed by atoms with van der Waals surface area (Å²) in [4.78, 5) is 14.2. The SMILES string of the molecule is O=C(Nc1ccc2nn(-c3ccccc3)nc2c1)c1ccc(-c2ccc(Cl)cc2)o1. The van der Waals surface area contributed by atoms with Crippen molar-refractivity contribution in [1.29, 1.82) is 0 Å². The van der Waals surface area contributed by atoms with Crippen molar-refractivity contribution in [3.63, 3.8) is 0 Å². The molecule has 2 aromatic heterocycles. The maximum atomic E-state index is 12.6. The molecule has 6 nitrogen and oxygen atoms in total. The molecule has 2 heterocycles. The zero-order chi connectivity index (χ0) is 20.5. The molecule has 0 unspecified atom stereocenters. The normalized spacial score (nSPS) is 11.0. The van der Waals surface area contributed by atoms with Gasteiger partial charge in [-0.25, -0.2) is 0 Å². The van der Waals surface area contributed by atoms with Gasteiger partial charge < -0.3 is 9.73 Å². The van der Waals surface area contributed by atoms with Gasteiger partial charge in [0.15, 0.2) is 5.76 Å². The van der Waals surface area contributed by atoms with Crippen LogP contribution in [0.2, 0.25) is 5.02 Å². The van der Waals surface area contributed by atoms with E-state index in [4.69, 9.17) is 16.0 Å². The summed E-state index contributed by atoms with van der Waals surface area (Å²) in [5, 5.41) is 12.4. The van der Waals surface area contributed by atoms with Gasteiger partial charge in [-0.2, -0.15) is 4.80 Å². The molecule has 1 amide bonds. The third kappa shape index (κ3) is 3.56. The lowest BCUT2D eigenvalue weighted by Gasteiger charge is -2.02. The molecule has 0 saturated heterocycles. The predicted octanol–water partition coefficient (Wildman–Crippen LogP) is 5.59. The van der Waals surface area contributed by atoms with Gasteiger partial charge in [-0.1, -0.05) is 29.8 Å². The Bertz CT molecular complexity index is 1340. The molecular weight excluding hydrogens is 400 g/mol. The number of halogens is 1. The third-order valence-corrected chi connectivity index (χ3v) is 4.84. The summed E-state index contributed by atoms with van der Waals surface area (Å²) >= 11 is 5.92. The standard InChI is InChI=1S/C23H15ClN4O2/c24-16-8-6-15(7-9-16)21-12-13-22(30-21)23(29)25-17-10-11-19-20(14-17)27-28(26-19)18-4-2-1-3-5-18/h1-14H,(H,25,29). The highest BCUT2D eigenvalue weighted by Gasteiger charge is 2.14. The zero-order valence-electron chi connectivity index (χ0n) is 15.6. The number of carbonyl (C=O) groups excluding carboxylic acids is 1. The number of aromatic nitrogens is 3. The highest BCUT2D eigenvalue weighted by atomic mass is 35.5. The number of benzene rings is 3. The van der Waals surface area contributed by atoms with Crippen molar-refractivity contribution in [2.75, 3.05) is 5.32 Å². The van der Waals surface area contributed by atoms with Gasteiger partial charge in [0.25, 0.3) is 5.91 Å². The minimum Gasteiger partial charge on any atom is -0.451 e. The number of anilines is 1. The number of hydrogen-bond donors (Lipinski definition) is 1. The first kappa shape index (κ1) is 18.1. The van der Waals surface area contributed by atoms with Crippen molar-refractivity contribution in [1.82, 2.24) is 15.0 Å². The number of rotatable bonds is 4. The van der Waals surface area contributed by atoms with E-state index >= 15 is 0 Å². The Labute approximate surface area is 176 Å². The molecule has 0 spiro atoms. The number of nitrogens with one attached hydrogen (secondary N) is 1. The number of nitrogens with zero attached hydrogens (tertiary/aromatic N) is 3. The second kappa shape index (κ2) is 7.50. The van der Waals surface area contributed by atoms with Crippen LogP contribution in [0.5, 0.6) is 0 Å². The lowest BCUT2D eigenvalue weighted by atomic mass is 10.2. The lowest BCUT2D eigenvalue weighted by Crippen LogP contribution is -2.10. The number of para-hydroxylation sites is 1. The topological polar surface area (TPSA) is 73.0 Å². The molecule has 0 aliphatic heterocycles. The second-order valence-corrected chi connectivity index (χ2v) is 7.09. The van der Waals surface area contributed by atoms with E-state index < -0.39 is 0 Å². The minimum atomic E-state index is -0.343. The molecule has 0 radical (unpaired) electrons. The van der Waals surface area contributed by atoms with Crippen LogP contribution in [-0.4, -0.2) is 20.9 Å². The first-order chi connectivity index (χ1) is 14.7. The highest BCUT2D eigenvalue weighted by molar-refractivity contribution is 6.30. The first-order valence-corrected chi connectivity index (χ1v) is 9.63. The molecule has 0 saturated carbocycles. The van der Waals surface area contributed by atoms with E-state index in [0.717, 1.165) is 16.8 Å². The third-order valence-electron chi connectivity index (χ3n) is 4.58. The second-order valence-electron chi connectivity index (χ2n) is 6.65. The summed E-state index contributed by atoms with van der Waals surface area (Å²) in [5.74, 6) is 0.469. The van der Waals surface area contributed by atoms with Crippen LogP contribution < -0.4 is 5.32 Å². The van der Waals surface area contributed by atoms with E-state index in [1.165, 1.54) is 0 Å². The summed E-state index contributed by atoms with van der Waals surface area (Å²) in [5.41, 5.74) is 3.73. The highest BCUT2D eigenvalue weighted by Crippen LogP contribution is 2.25. The van der Waals surface area contributed by atoms with Gasteiger partial charge in [-0.3, -0.25) is 4.79 Å². The van der Waals surface area contributed by atoms with E-state index in [1.54, 1.807) is 41.2 Å². The van der Waals surface area contributed by atoms with Crippen LogP contribution in [0, 0.1) is 0 Å². The molecule has 146 valence electrons. The Morgan fingerprint density at radius 2 is 1.63 bits per heavy atom. The van der Waals surface area contributed by atoms with Crippen LogP contribution in [0.3, 0.4) is 0 Å². The molecule has 1 N–H and O–H groups in total. The molecule has 0 aliphatic rings.